The summed E-state index contributed by atoms with van der Waals surface area (Å²) in [6.45, 7) is 3.90. The Morgan fingerprint density at radius 3 is 2.12 bits per heavy atom. The first-order chi connectivity index (χ1) is 11.5. The van der Waals surface area contributed by atoms with Crippen molar-refractivity contribution in [1.29, 1.82) is 0 Å². The maximum absolute atomic E-state index is 12.2. The fourth-order valence-electron chi connectivity index (χ4n) is 1.97. The monoisotopic (exact) mass is 344 g/mol. The molecule has 0 fully saturated rings. The topological polar surface area (TPSA) is 59.6 Å². The van der Waals surface area contributed by atoms with E-state index in [1.807, 2.05) is 26.0 Å². The van der Waals surface area contributed by atoms with Gasteiger partial charge in [0.1, 0.15) is 11.5 Å². The lowest BCUT2D eigenvalue weighted by Gasteiger charge is -2.11. The summed E-state index contributed by atoms with van der Waals surface area (Å²) in [5.41, 5.74) is 1.27. The highest BCUT2D eigenvalue weighted by atomic mass is 32.1. The molecule has 6 heteroatoms. The minimum atomic E-state index is -0.280. The van der Waals surface area contributed by atoms with Gasteiger partial charge < -0.3 is 14.8 Å². The molecule has 0 unspecified atom stereocenters. The molecule has 0 spiro atoms. The van der Waals surface area contributed by atoms with Crippen LogP contribution < -0.4 is 20.1 Å². The number of thiocarbonyl (C=S) groups is 1. The molecule has 1 amide bonds. The Hall–Kier alpha value is -2.60. The smallest absolute Gasteiger partial charge is 0.257 e. The summed E-state index contributed by atoms with van der Waals surface area (Å²) in [5.74, 6) is 1.19. The molecule has 0 saturated carbocycles. The number of methoxy groups -OCH3 is 1. The number of benzene rings is 2. The van der Waals surface area contributed by atoms with Gasteiger partial charge in [-0.15, -0.1) is 0 Å². The highest BCUT2D eigenvalue weighted by Gasteiger charge is 2.08. The molecule has 126 valence electrons. The molecule has 2 aromatic carbocycles. The van der Waals surface area contributed by atoms with Gasteiger partial charge in [0.15, 0.2) is 5.11 Å². The first kappa shape index (κ1) is 17.7. The lowest BCUT2D eigenvalue weighted by Crippen LogP contribution is -2.34. The zero-order valence-corrected chi connectivity index (χ0v) is 14.6. The summed E-state index contributed by atoms with van der Waals surface area (Å²) in [4.78, 5) is 12.2. The summed E-state index contributed by atoms with van der Waals surface area (Å²) in [7, 11) is 1.60. The maximum atomic E-state index is 12.2. The largest absolute Gasteiger partial charge is 0.497 e. The van der Waals surface area contributed by atoms with Gasteiger partial charge in [0.05, 0.1) is 13.2 Å². The van der Waals surface area contributed by atoms with Crippen LogP contribution in [0.25, 0.3) is 0 Å². The second kappa shape index (κ2) is 8.31. The molecule has 0 bridgehead atoms. The van der Waals surface area contributed by atoms with E-state index in [1.54, 1.807) is 43.5 Å². The van der Waals surface area contributed by atoms with Crippen LogP contribution in [0.1, 0.15) is 24.2 Å². The predicted molar refractivity (Wildman–Crippen MR) is 98.9 cm³/mol. The molecule has 0 aliphatic heterocycles. The van der Waals surface area contributed by atoms with Gasteiger partial charge in [0, 0.05) is 11.3 Å². The SMILES string of the molecule is COc1ccc(NC(=S)NC(=O)c2ccc(OC(C)C)cc2)cc1. The molecule has 2 aromatic rings. The first-order valence-electron chi connectivity index (χ1n) is 7.51. The third kappa shape index (κ3) is 5.24. The number of amides is 1. The van der Waals surface area contributed by atoms with Crippen LogP contribution in [0, 0.1) is 0 Å². The summed E-state index contributed by atoms with van der Waals surface area (Å²) in [6, 6.07) is 14.2. The molecule has 0 aliphatic rings. The molecule has 0 heterocycles. The number of anilines is 1. The van der Waals surface area contributed by atoms with Crippen molar-refractivity contribution < 1.29 is 14.3 Å². The first-order valence-corrected chi connectivity index (χ1v) is 7.92. The van der Waals surface area contributed by atoms with Crippen molar-refractivity contribution in [2.75, 3.05) is 12.4 Å². The van der Waals surface area contributed by atoms with E-state index in [2.05, 4.69) is 10.6 Å². The van der Waals surface area contributed by atoms with Crippen LogP contribution in [0.4, 0.5) is 5.69 Å². The molecular weight excluding hydrogens is 324 g/mol. The third-order valence-corrected chi connectivity index (χ3v) is 3.27. The maximum Gasteiger partial charge on any atom is 0.257 e. The van der Waals surface area contributed by atoms with Gasteiger partial charge >= 0.3 is 0 Å². The van der Waals surface area contributed by atoms with E-state index in [-0.39, 0.29) is 17.1 Å². The number of nitrogens with one attached hydrogen (secondary N) is 2. The van der Waals surface area contributed by atoms with Gasteiger partial charge in [-0.2, -0.15) is 0 Å². The normalized spacial score (nSPS) is 10.2. The molecule has 2 rings (SSSR count). The van der Waals surface area contributed by atoms with Crippen molar-refractivity contribution in [3.63, 3.8) is 0 Å². The highest BCUT2D eigenvalue weighted by Crippen LogP contribution is 2.15. The number of rotatable bonds is 5. The fraction of sp³-hybridized carbons (Fsp3) is 0.222. The Morgan fingerprint density at radius 2 is 1.58 bits per heavy atom. The average molecular weight is 344 g/mol. The lowest BCUT2D eigenvalue weighted by atomic mass is 10.2. The zero-order chi connectivity index (χ0) is 17.5. The molecule has 0 atom stereocenters. The van der Waals surface area contributed by atoms with Crippen molar-refractivity contribution in [2.24, 2.45) is 0 Å². The molecule has 24 heavy (non-hydrogen) atoms. The van der Waals surface area contributed by atoms with Gasteiger partial charge in [0.2, 0.25) is 0 Å². The van der Waals surface area contributed by atoms with E-state index in [0.717, 1.165) is 17.2 Å². The van der Waals surface area contributed by atoms with E-state index in [0.29, 0.717) is 5.56 Å². The van der Waals surface area contributed by atoms with Crippen LogP contribution in [-0.4, -0.2) is 24.2 Å². The van der Waals surface area contributed by atoms with E-state index in [9.17, 15) is 4.79 Å². The number of ether oxygens (including phenoxy) is 2. The number of hydrogen-bond donors (Lipinski definition) is 2. The van der Waals surface area contributed by atoms with Crippen LogP contribution in [0.3, 0.4) is 0 Å². The highest BCUT2D eigenvalue weighted by molar-refractivity contribution is 7.80. The number of carbonyl (C=O) groups is 1. The van der Waals surface area contributed by atoms with Crippen LogP contribution in [0.2, 0.25) is 0 Å². The standard InChI is InChI=1S/C18H20N2O3S/c1-12(2)23-16-8-4-13(5-9-16)17(21)20-18(24)19-14-6-10-15(22-3)11-7-14/h4-12H,1-3H3,(H2,19,20,21,24). The van der Waals surface area contributed by atoms with Gasteiger partial charge in [-0.1, -0.05) is 0 Å². The van der Waals surface area contributed by atoms with E-state index >= 15 is 0 Å². The Balaban J connectivity index is 1.91. The summed E-state index contributed by atoms with van der Waals surface area (Å²) >= 11 is 5.16. The molecular formula is C18H20N2O3S. The van der Waals surface area contributed by atoms with Crippen molar-refractivity contribution in [3.8, 4) is 11.5 Å². The number of carbonyl (C=O) groups excluding carboxylic acids is 1. The van der Waals surface area contributed by atoms with E-state index in [1.165, 1.54) is 0 Å². The van der Waals surface area contributed by atoms with Crippen molar-refractivity contribution >= 4 is 28.9 Å². The van der Waals surface area contributed by atoms with Gasteiger partial charge in [-0.05, 0) is 74.6 Å². The summed E-state index contributed by atoms with van der Waals surface area (Å²) in [5, 5.41) is 5.82. The van der Waals surface area contributed by atoms with Crippen LogP contribution >= 0.6 is 12.2 Å². The Bertz CT molecular complexity index is 697. The van der Waals surface area contributed by atoms with E-state index in [4.69, 9.17) is 21.7 Å². The van der Waals surface area contributed by atoms with Crippen molar-refractivity contribution in [1.82, 2.24) is 5.32 Å². The second-order valence-electron chi connectivity index (χ2n) is 5.33. The summed E-state index contributed by atoms with van der Waals surface area (Å²) < 4.78 is 10.6. The van der Waals surface area contributed by atoms with Crippen LogP contribution in [-0.2, 0) is 0 Å². The van der Waals surface area contributed by atoms with Crippen molar-refractivity contribution in [2.45, 2.75) is 20.0 Å². The average Bonchev–Trinajstić information content (AvgIpc) is 2.55. The minimum Gasteiger partial charge on any atom is -0.497 e. The zero-order valence-electron chi connectivity index (χ0n) is 13.8. The minimum absolute atomic E-state index is 0.0888. The molecule has 5 nitrogen and oxygen atoms in total. The number of hydrogen-bond acceptors (Lipinski definition) is 4. The molecule has 0 aromatic heterocycles. The predicted octanol–water partition coefficient (Wildman–Crippen LogP) is 3.61. The quantitative estimate of drug-likeness (QED) is 0.812. The van der Waals surface area contributed by atoms with Crippen LogP contribution in [0.5, 0.6) is 11.5 Å². The lowest BCUT2D eigenvalue weighted by molar-refractivity contribution is 0.0977. The third-order valence-electron chi connectivity index (χ3n) is 3.06. The van der Waals surface area contributed by atoms with Gasteiger partial charge in [-0.25, -0.2) is 0 Å². The molecule has 0 radical (unpaired) electrons. The van der Waals surface area contributed by atoms with Gasteiger partial charge in [0.25, 0.3) is 5.91 Å². The Kier molecular flexibility index (Phi) is 6.14. The second-order valence-corrected chi connectivity index (χ2v) is 5.74. The molecule has 2 N–H and O–H groups in total. The summed E-state index contributed by atoms with van der Waals surface area (Å²) in [6.07, 6.45) is 0.0888. The van der Waals surface area contributed by atoms with Crippen molar-refractivity contribution in [3.05, 3.63) is 54.1 Å². The Morgan fingerprint density at radius 1 is 1.00 bits per heavy atom. The van der Waals surface area contributed by atoms with Gasteiger partial charge in [-0.3, -0.25) is 10.1 Å². The van der Waals surface area contributed by atoms with E-state index < -0.39 is 0 Å². The molecule has 0 saturated heterocycles. The Labute approximate surface area is 147 Å². The molecule has 0 aliphatic carbocycles. The fourth-order valence-corrected chi connectivity index (χ4v) is 2.18. The van der Waals surface area contributed by atoms with Crippen LogP contribution in [0.15, 0.2) is 48.5 Å².